The standard InChI is InChI=1S/C28H31N5O3/c1-19-18-25(34)32(27-26(19)20(2)29-33(27)23-8-6-5-7-9-23)21(3)28(35)31-16-14-30(15-17-31)22-10-12-24(36-4)13-11-22/h5-13,18,21H,14-17H2,1-4H3. The maximum absolute atomic E-state index is 13.7. The van der Waals surface area contributed by atoms with Crippen LogP contribution < -0.4 is 15.2 Å². The molecule has 4 aromatic rings. The molecule has 1 aliphatic heterocycles. The fraction of sp³-hybridized carbons (Fsp3) is 0.321. The molecular weight excluding hydrogens is 454 g/mol. The van der Waals surface area contributed by atoms with Crippen LogP contribution in [0.3, 0.4) is 0 Å². The number of fused-ring (bicyclic) bond motifs is 1. The molecule has 0 bridgehead atoms. The second kappa shape index (κ2) is 9.53. The average molecular weight is 486 g/mol. The Kier molecular flexibility index (Phi) is 6.26. The zero-order chi connectivity index (χ0) is 25.4. The number of para-hydroxylation sites is 1. The Morgan fingerprint density at radius 3 is 2.25 bits per heavy atom. The van der Waals surface area contributed by atoms with Gasteiger partial charge >= 0.3 is 0 Å². The van der Waals surface area contributed by atoms with Gasteiger partial charge in [-0.25, -0.2) is 4.68 Å². The van der Waals surface area contributed by atoms with Crippen molar-refractivity contribution < 1.29 is 9.53 Å². The first kappa shape index (κ1) is 23.7. The predicted molar refractivity (Wildman–Crippen MR) is 141 cm³/mol. The fourth-order valence-electron chi connectivity index (χ4n) is 5.11. The molecule has 3 heterocycles. The molecule has 0 saturated carbocycles. The van der Waals surface area contributed by atoms with Gasteiger partial charge in [-0.2, -0.15) is 5.10 Å². The van der Waals surface area contributed by atoms with E-state index in [1.165, 1.54) is 0 Å². The molecule has 0 radical (unpaired) electrons. The monoisotopic (exact) mass is 485 g/mol. The third-order valence-corrected chi connectivity index (χ3v) is 7.01. The summed E-state index contributed by atoms with van der Waals surface area (Å²) in [4.78, 5) is 31.1. The number of hydrogen-bond donors (Lipinski definition) is 0. The number of benzene rings is 2. The Morgan fingerprint density at radius 2 is 1.61 bits per heavy atom. The summed E-state index contributed by atoms with van der Waals surface area (Å²) >= 11 is 0. The normalized spacial score (nSPS) is 14.8. The van der Waals surface area contributed by atoms with E-state index in [-0.39, 0.29) is 11.5 Å². The van der Waals surface area contributed by atoms with E-state index in [9.17, 15) is 9.59 Å². The summed E-state index contributed by atoms with van der Waals surface area (Å²) in [5.41, 5.74) is 4.10. The molecule has 36 heavy (non-hydrogen) atoms. The highest BCUT2D eigenvalue weighted by Crippen LogP contribution is 2.27. The highest BCUT2D eigenvalue weighted by molar-refractivity contribution is 5.87. The number of rotatable bonds is 5. The molecule has 1 atom stereocenters. The van der Waals surface area contributed by atoms with Gasteiger partial charge in [0.1, 0.15) is 17.4 Å². The Hall–Kier alpha value is -4.07. The van der Waals surface area contributed by atoms with Crippen LogP contribution in [0.4, 0.5) is 5.69 Å². The van der Waals surface area contributed by atoms with Crippen molar-refractivity contribution in [2.45, 2.75) is 26.8 Å². The van der Waals surface area contributed by atoms with E-state index < -0.39 is 6.04 Å². The van der Waals surface area contributed by atoms with E-state index in [0.717, 1.165) is 46.9 Å². The number of piperazine rings is 1. The van der Waals surface area contributed by atoms with E-state index in [1.54, 1.807) is 22.4 Å². The SMILES string of the molecule is COc1ccc(N2CCN(C(=O)C(C)n3c(=O)cc(C)c4c(C)nn(-c5ccccc5)c43)CC2)cc1. The Balaban J connectivity index is 1.44. The molecule has 1 aliphatic rings. The van der Waals surface area contributed by atoms with Crippen LogP contribution in [-0.2, 0) is 4.79 Å². The van der Waals surface area contributed by atoms with Gasteiger partial charge in [-0.15, -0.1) is 0 Å². The van der Waals surface area contributed by atoms with Crippen LogP contribution in [0.15, 0.2) is 65.5 Å². The van der Waals surface area contributed by atoms with E-state index in [2.05, 4.69) is 4.90 Å². The number of nitrogens with zero attached hydrogens (tertiary/aromatic N) is 5. The molecule has 0 spiro atoms. The lowest BCUT2D eigenvalue weighted by molar-refractivity contribution is -0.134. The Bertz CT molecular complexity index is 1450. The van der Waals surface area contributed by atoms with Crippen LogP contribution in [-0.4, -0.2) is 58.4 Å². The summed E-state index contributed by atoms with van der Waals surface area (Å²) < 4.78 is 8.64. The third-order valence-electron chi connectivity index (χ3n) is 7.01. The molecule has 0 N–H and O–H groups in total. The van der Waals surface area contributed by atoms with Crippen molar-refractivity contribution in [2.75, 3.05) is 38.2 Å². The van der Waals surface area contributed by atoms with Crippen molar-refractivity contribution in [3.8, 4) is 11.4 Å². The molecule has 5 rings (SSSR count). The minimum Gasteiger partial charge on any atom is -0.497 e. The Morgan fingerprint density at radius 1 is 0.944 bits per heavy atom. The van der Waals surface area contributed by atoms with Gasteiger partial charge in [-0.3, -0.25) is 14.2 Å². The van der Waals surface area contributed by atoms with Crippen molar-refractivity contribution in [1.29, 1.82) is 0 Å². The van der Waals surface area contributed by atoms with Crippen molar-refractivity contribution in [3.05, 3.63) is 82.3 Å². The summed E-state index contributed by atoms with van der Waals surface area (Å²) in [6, 6.07) is 18.6. The maximum Gasteiger partial charge on any atom is 0.253 e. The molecule has 1 amide bonds. The number of pyridine rings is 1. The number of ether oxygens (including phenoxy) is 1. The van der Waals surface area contributed by atoms with E-state index in [1.807, 2.05) is 80.3 Å². The number of aryl methyl sites for hydroxylation is 2. The second-order valence-corrected chi connectivity index (χ2v) is 9.25. The van der Waals surface area contributed by atoms with Gasteiger partial charge in [0.15, 0.2) is 0 Å². The van der Waals surface area contributed by atoms with Crippen molar-refractivity contribution >= 4 is 22.6 Å². The smallest absolute Gasteiger partial charge is 0.253 e. The molecule has 1 saturated heterocycles. The van der Waals surface area contributed by atoms with Gasteiger partial charge in [0.05, 0.1) is 18.5 Å². The van der Waals surface area contributed by atoms with Crippen molar-refractivity contribution in [1.82, 2.24) is 19.2 Å². The van der Waals surface area contributed by atoms with Gasteiger partial charge < -0.3 is 14.5 Å². The molecule has 2 aromatic heterocycles. The van der Waals surface area contributed by atoms with Crippen LogP contribution in [0, 0.1) is 13.8 Å². The Labute approximate surface area is 210 Å². The fourth-order valence-corrected chi connectivity index (χ4v) is 5.11. The van der Waals surface area contributed by atoms with E-state index >= 15 is 0 Å². The molecule has 1 fully saturated rings. The van der Waals surface area contributed by atoms with Gasteiger partial charge in [0, 0.05) is 43.3 Å². The zero-order valence-electron chi connectivity index (χ0n) is 21.1. The minimum absolute atomic E-state index is 0.0601. The summed E-state index contributed by atoms with van der Waals surface area (Å²) in [6.45, 7) is 8.31. The average Bonchev–Trinajstić information content (AvgIpc) is 3.26. The zero-order valence-corrected chi connectivity index (χ0v) is 21.1. The van der Waals surface area contributed by atoms with E-state index in [0.29, 0.717) is 18.7 Å². The third kappa shape index (κ3) is 4.12. The molecule has 2 aromatic carbocycles. The van der Waals surface area contributed by atoms with E-state index in [4.69, 9.17) is 9.84 Å². The maximum atomic E-state index is 13.7. The van der Waals surface area contributed by atoms with Crippen LogP contribution in [0.5, 0.6) is 5.75 Å². The van der Waals surface area contributed by atoms with Crippen LogP contribution >= 0.6 is 0 Å². The number of anilines is 1. The number of hydrogen-bond acceptors (Lipinski definition) is 5. The summed E-state index contributed by atoms with van der Waals surface area (Å²) in [6.07, 6.45) is 0. The van der Waals surface area contributed by atoms with Crippen LogP contribution in [0.1, 0.15) is 24.2 Å². The van der Waals surface area contributed by atoms with Gasteiger partial charge in [-0.05, 0) is 62.7 Å². The summed E-state index contributed by atoms with van der Waals surface area (Å²) in [7, 11) is 1.65. The number of carbonyl (C=O) groups is 1. The second-order valence-electron chi connectivity index (χ2n) is 9.25. The van der Waals surface area contributed by atoms with Gasteiger partial charge in [-0.1, -0.05) is 18.2 Å². The highest BCUT2D eigenvalue weighted by Gasteiger charge is 2.29. The summed E-state index contributed by atoms with van der Waals surface area (Å²) in [5, 5.41) is 5.65. The van der Waals surface area contributed by atoms with Crippen molar-refractivity contribution in [2.24, 2.45) is 0 Å². The van der Waals surface area contributed by atoms with Gasteiger partial charge in [0.25, 0.3) is 5.56 Å². The molecule has 0 aliphatic carbocycles. The first-order chi connectivity index (χ1) is 17.4. The minimum atomic E-state index is -0.660. The number of carbonyl (C=O) groups excluding carboxylic acids is 1. The lowest BCUT2D eigenvalue weighted by Gasteiger charge is -2.37. The topological polar surface area (TPSA) is 72.6 Å². The van der Waals surface area contributed by atoms with Gasteiger partial charge in [0.2, 0.25) is 5.91 Å². The van der Waals surface area contributed by atoms with Crippen LogP contribution in [0.25, 0.3) is 16.7 Å². The predicted octanol–water partition coefficient (Wildman–Crippen LogP) is 3.72. The first-order valence-electron chi connectivity index (χ1n) is 12.2. The lowest BCUT2D eigenvalue weighted by Crippen LogP contribution is -2.51. The molecular formula is C28H31N5O3. The largest absolute Gasteiger partial charge is 0.497 e. The molecule has 8 heteroatoms. The quantitative estimate of drug-likeness (QED) is 0.431. The lowest BCUT2D eigenvalue weighted by atomic mass is 10.1. The van der Waals surface area contributed by atoms with Crippen molar-refractivity contribution in [3.63, 3.8) is 0 Å². The molecule has 8 nitrogen and oxygen atoms in total. The number of aromatic nitrogens is 3. The molecule has 1 unspecified atom stereocenters. The van der Waals surface area contributed by atoms with Crippen LogP contribution in [0.2, 0.25) is 0 Å². The molecule has 186 valence electrons. The highest BCUT2D eigenvalue weighted by atomic mass is 16.5. The summed E-state index contributed by atoms with van der Waals surface area (Å²) in [5.74, 6) is 0.760. The first-order valence-corrected chi connectivity index (χ1v) is 12.2. The number of amides is 1. The number of methoxy groups -OCH3 is 1.